The van der Waals surface area contributed by atoms with Gasteiger partial charge >= 0.3 is 6.01 Å². The fourth-order valence-corrected chi connectivity index (χ4v) is 1.93. The minimum Gasteiger partial charge on any atom is -0.466 e. The number of anilines is 1. The van der Waals surface area contributed by atoms with E-state index in [1.165, 1.54) is 0 Å². The summed E-state index contributed by atoms with van der Waals surface area (Å²) < 4.78 is 4.94. The molecule has 2 atom stereocenters. The molecule has 0 radical (unpaired) electrons. The number of ether oxygens (including phenoxy) is 1. The van der Waals surface area contributed by atoms with Crippen LogP contribution < -0.4 is 15.4 Å². The summed E-state index contributed by atoms with van der Waals surface area (Å²) in [5.74, 6) is 0.745. The first kappa shape index (κ1) is 10.2. The van der Waals surface area contributed by atoms with Gasteiger partial charge in [0, 0.05) is 18.6 Å². The Bertz CT molecular complexity index is 326. The number of hydrogen-bond acceptors (Lipinski definition) is 5. The van der Waals surface area contributed by atoms with Gasteiger partial charge in [-0.05, 0) is 19.8 Å². The van der Waals surface area contributed by atoms with Gasteiger partial charge in [0.1, 0.15) is 0 Å². The van der Waals surface area contributed by atoms with Gasteiger partial charge in [-0.2, -0.15) is 4.98 Å². The maximum absolute atomic E-state index is 6.01. The first-order chi connectivity index (χ1) is 7.22. The molecule has 2 rings (SSSR count). The van der Waals surface area contributed by atoms with Gasteiger partial charge in [0.15, 0.2) is 0 Å². The lowest BCUT2D eigenvalue weighted by Crippen LogP contribution is -2.50. The van der Waals surface area contributed by atoms with E-state index >= 15 is 0 Å². The molecule has 0 spiro atoms. The molecule has 84 valence electrons. The molecule has 0 aliphatic carbocycles. The second-order valence-electron chi connectivity index (χ2n) is 3.89. The number of aromatic nitrogens is 3. The number of piperidine rings is 1. The molecule has 1 aromatic heterocycles. The highest BCUT2D eigenvalue weighted by atomic mass is 16.5. The molecular weight excluding hydrogens is 194 g/mol. The molecule has 2 unspecified atom stereocenters. The first-order valence-electron chi connectivity index (χ1n) is 5.21. The predicted molar refractivity (Wildman–Crippen MR) is 57.0 cm³/mol. The van der Waals surface area contributed by atoms with E-state index < -0.39 is 0 Å². The molecular formula is C9H17N5O. The Labute approximate surface area is 88.8 Å². The average molecular weight is 211 g/mol. The smallest absolute Gasteiger partial charge is 0.336 e. The topological polar surface area (TPSA) is 80.1 Å². The molecule has 0 bridgehead atoms. The maximum Gasteiger partial charge on any atom is 0.336 e. The van der Waals surface area contributed by atoms with Gasteiger partial charge in [-0.15, -0.1) is 5.10 Å². The summed E-state index contributed by atoms with van der Waals surface area (Å²) in [5.41, 5.74) is 6.01. The molecule has 1 fully saturated rings. The molecule has 6 heteroatoms. The molecule has 1 saturated heterocycles. The lowest BCUT2D eigenvalue weighted by molar-refractivity contribution is 0.381. The summed E-state index contributed by atoms with van der Waals surface area (Å²) in [4.78, 5) is 6.36. The summed E-state index contributed by atoms with van der Waals surface area (Å²) in [6.45, 7) is 3.08. The summed E-state index contributed by atoms with van der Waals surface area (Å²) >= 11 is 0. The first-order valence-corrected chi connectivity index (χ1v) is 5.21. The van der Waals surface area contributed by atoms with Crippen LogP contribution in [0.5, 0.6) is 6.01 Å². The van der Waals surface area contributed by atoms with Crippen LogP contribution in [-0.2, 0) is 0 Å². The van der Waals surface area contributed by atoms with Gasteiger partial charge in [-0.25, -0.2) is 5.10 Å². The number of H-pyrrole nitrogens is 1. The molecule has 3 N–H and O–H groups in total. The molecule has 1 aliphatic rings. The Morgan fingerprint density at radius 3 is 3.07 bits per heavy atom. The molecule has 0 amide bonds. The molecule has 2 heterocycles. The maximum atomic E-state index is 6.01. The van der Waals surface area contributed by atoms with Crippen LogP contribution in [0.25, 0.3) is 0 Å². The van der Waals surface area contributed by atoms with E-state index in [2.05, 4.69) is 27.0 Å². The van der Waals surface area contributed by atoms with Gasteiger partial charge in [0.25, 0.3) is 0 Å². The summed E-state index contributed by atoms with van der Waals surface area (Å²) in [6.07, 6.45) is 2.16. The number of methoxy groups -OCH3 is 1. The third-order valence-electron chi connectivity index (χ3n) is 2.96. The molecule has 1 aromatic rings. The van der Waals surface area contributed by atoms with E-state index in [9.17, 15) is 0 Å². The van der Waals surface area contributed by atoms with Gasteiger partial charge in [-0.1, -0.05) is 0 Å². The van der Waals surface area contributed by atoms with Crippen molar-refractivity contribution in [2.75, 3.05) is 18.6 Å². The van der Waals surface area contributed by atoms with Crippen LogP contribution in [0.2, 0.25) is 0 Å². The molecule has 0 saturated carbocycles. The standard InChI is InChI=1S/C9H17N5O/c1-6-7(10)4-3-5-14(6)8-11-9(15-2)13-12-8/h6-7H,3-5,10H2,1-2H3,(H,11,12,13). The molecule has 6 nitrogen and oxygen atoms in total. The highest BCUT2D eigenvalue weighted by molar-refractivity contribution is 5.33. The van der Waals surface area contributed by atoms with Crippen molar-refractivity contribution >= 4 is 5.95 Å². The van der Waals surface area contributed by atoms with Crippen LogP contribution in [-0.4, -0.2) is 40.9 Å². The van der Waals surface area contributed by atoms with Gasteiger partial charge < -0.3 is 15.4 Å². The highest BCUT2D eigenvalue weighted by Crippen LogP contribution is 2.21. The third kappa shape index (κ3) is 1.90. The minimum atomic E-state index is 0.204. The minimum absolute atomic E-state index is 0.204. The zero-order valence-corrected chi connectivity index (χ0v) is 9.10. The van der Waals surface area contributed by atoms with Crippen LogP contribution in [0.4, 0.5) is 5.95 Å². The van der Waals surface area contributed by atoms with Crippen molar-refractivity contribution in [2.24, 2.45) is 5.73 Å². The largest absolute Gasteiger partial charge is 0.466 e. The van der Waals surface area contributed by atoms with Crippen molar-refractivity contribution in [3.63, 3.8) is 0 Å². The SMILES string of the molecule is COc1n[nH]c(N2CCCC(N)C2C)n1. The molecule has 15 heavy (non-hydrogen) atoms. The Kier molecular flexibility index (Phi) is 2.77. The fraction of sp³-hybridized carbons (Fsp3) is 0.778. The quantitative estimate of drug-likeness (QED) is 0.726. The number of nitrogens with two attached hydrogens (primary N) is 1. The molecule has 1 aliphatic heterocycles. The van der Waals surface area contributed by atoms with Crippen molar-refractivity contribution in [1.82, 2.24) is 15.2 Å². The van der Waals surface area contributed by atoms with Crippen LogP contribution in [0.3, 0.4) is 0 Å². The summed E-state index contributed by atoms with van der Waals surface area (Å²) in [7, 11) is 1.55. The van der Waals surface area contributed by atoms with E-state index in [1.807, 2.05) is 0 Å². The van der Waals surface area contributed by atoms with Crippen molar-refractivity contribution in [3.05, 3.63) is 0 Å². The van der Waals surface area contributed by atoms with E-state index in [0.29, 0.717) is 6.01 Å². The van der Waals surface area contributed by atoms with Crippen LogP contribution in [0.1, 0.15) is 19.8 Å². The van der Waals surface area contributed by atoms with Gasteiger partial charge in [-0.3, -0.25) is 0 Å². The van der Waals surface area contributed by atoms with Crippen LogP contribution >= 0.6 is 0 Å². The Morgan fingerprint density at radius 1 is 1.60 bits per heavy atom. The van der Waals surface area contributed by atoms with Crippen LogP contribution in [0, 0.1) is 0 Å². The molecule has 0 aromatic carbocycles. The van der Waals surface area contributed by atoms with E-state index in [-0.39, 0.29) is 12.1 Å². The van der Waals surface area contributed by atoms with Crippen molar-refractivity contribution in [2.45, 2.75) is 31.8 Å². The average Bonchev–Trinajstić information content (AvgIpc) is 2.70. The predicted octanol–water partition coefficient (Wildman–Crippen LogP) is 0.129. The second kappa shape index (κ2) is 4.06. The monoisotopic (exact) mass is 211 g/mol. The van der Waals surface area contributed by atoms with Crippen molar-refractivity contribution in [3.8, 4) is 6.01 Å². The summed E-state index contributed by atoms with van der Waals surface area (Å²) in [6, 6.07) is 0.864. The number of hydrogen-bond donors (Lipinski definition) is 2. The Balaban J connectivity index is 2.14. The van der Waals surface area contributed by atoms with E-state index in [0.717, 1.165) is 25.3 Å². The Hall–Kier alpha value is -1.30. The van der Waals surface area contributed by atoms with Crippen molar-refractivity contribution in [1.29, 1.82) is 0 Å². The lowest BCUT2D eigenvalue weighted by atomic mass is 9.99. The number of rotatable bonds is 2. The number of nitrogens with zero attached hydrogens (tertiary/aromatic N) is 3. The Morgan fingerprint density at radius 2 is 2.40 bits per heavy atom. The number of nitrogens with one attached hydrogen (secondary N) is 1. The van der Waals surface area contributed by atoms with Crippen LogP contribution in [0.15, 0.2) is 0 Å². The normalized spacial score (nSPS) is 26.7. The fourth-order valence-electron chi connectivity index (χ4n) is 1.93. The summed E-state index contributed by atoms with van der Waals surface area (Å²) in [5, 5.41) is 6.79. The highest BCUT2D eigenvalue weighted by Gasteiger charge is 2.27. The zero-order valence-electron chi connectivity index (χ0n) is 9.10. The third-order valence-corrected chi connectivity index (χ3v) is 2.96. The zero-order chi connectivity index (χ0) is 10.8. The second-order valence-corrected chi connectivity index (χ2v) is 3.89. The van der Waals surface area contributed by atoms with Gasteiger partial charge in [0.2, 0.25) is 5.95 Å². The van der Waals surface area contributed by atoms with E-state index in [4.69, 9.17) is 10.5 Å². The lowest BCUT2D eigenvalue weighted by Gasteiger charge is -2.37. The van der Waals surface area contributed by atoms with E-state index in [1.54, 1.807) is 7.11 Å². The van der Waals surface area contributed by atoms with Gasteiger partial charge in [0.05, 0.1) is 7.11 Å². The van der Waals surface area contributed by atoms with Crippen molar-refractivity contribution < 1.29 is 4.74 Å². The number of aromatic amines is 1.